The van der Waals surface area contributed by atoms with E-state index in [2.05, 4.69) is 12.1 Å². The fourth-order valence-corrected chi connectivity index (χ4v) is 2.32. The van der Waals surface area contributed by atoms with Gasteiger partial charge >= 0.3 is 0 Å². The summed E-state index contributed by atoms with van der Waals surface area (Å²) in [6, 6.07) is 15.9. The van der Waals surface area contributed by atoms with Gasteiger partial charge in [-0.3, -0.25) is 0 Å². The molecule has 0 atom stereocenters. The van der Waals surface area contributed by atoms with Crippen molar-refractivity contribution in [3.05, 3.63) is 59.3 Å². The zero-order chi connectivity index (χ0) is 12.5. The van der Waals surface area contributed by atoms with Gasteiger partial charge in [-0.15, -0.1) is 0 Å². The van der Waals surface area contributed by atoms with Gasteiger partial charge in [0.2, 0.25) is 0 Å². The first kappa shape index (κ1) is 11.3. The number of benzene rings is 2. The average Bonchev–Trinajstić information content (AvgIpc) is 2.81. The van der Waals surface area contributed by atoms with Crippen molar-refractivity contribution in [1.29, 1.82) is 0 Å². The van der Waals surface area contributed by atoms with Crippen LogP contribution in [0.15, 0.2) is 52.9 Å². The number of furan rings is 1. The predicted molar refractivity (Wildman–Crippen MR) is 74.6 cm³/mol. The van der Waals surface area contributed by atoms with E-state index in [0.29, 0.717) is 11.6 Å². The van der Waals surface area contributed by atoms with Crippen molar-refractivity contribution < 1.29 is 4.42 Å². The lowest BCUT2D eigenvalue weighted by atomic mass is 10.0. The molecule has 18 heavy (non-hydrogen) atoms. The van der Waals surface area contributed by atoms with E-state index in [1.54, 1.807) is 0 Å². The SMILES string of the molecule is NCc1cc2c(-c3ccccc3)cc(Cl)cc2o1. The van der Waals surface area contributed by atoms with Gasteiger partial charge < -0.3 is 10.2 Å². The minimum Gasteiger partial charge on any atom is -0.460 e. The van der Waals surface area contributed by atoms with Gasteiger partial charge in [0.15, 0.2) is 0 Å². The molecule has 2 aromatic carbocycles. The Kier molecular flexibility index (Phi) is 2.82. The molecule has 3 aromatic rings. The molecule has 3 heteroatoms. The van der Waals surface area contributed by atoms with Gasteiger partial charge in [-0.2, -0.15) is 0 Å². The van der Waals surface area contributed by atoms with Gasteiger partial charge in [-0.05, 0) is 23.3 Å². The normalized spacial score (nSPS) is 11.0. The van der Waals surface area contributed by atoms with E-state index in [1.807, 2.05) is 36.4 Å². The molecule has 0 aliphatic rings. The maximum absolute atomic E-state index is 6.13. The Hall–Kier alpha value is -1.77. The second kappa shape index (κ2) is 4.48. The molecule has 0 fully saturated rings. The van der Waals surface area contributed by atoms with Crippen LogP contribution < -0.4 is 5.73 Å². The maximum atomic E-state index is 6.13. The molecule has 90 valence electrons. The van der Waals surface area contributed by atoms with E-state index in [4.69, 9.17) is 21.8 Å². The van der Waals surface area contributed by atoms with Crippen molar-refractivity contribution in [3.8, 4) is 11.1 Å². The Balaban J connectivity index is 2.30. The molecule has 1 heterocycles. The van der Waals surface area contributed by atoms with Crippen LogP contribution in [0.1, 0.15) is 5.76 Å². The van der Waals surface area contributed by atoms with Crippen molar-refractivity contribution in [1.82, 2.24) is 0 Å². The maximum Gasteiger partial charge on any atom is 0.136 e. The Morgan fingerprint density at radius 3 is 2.56 bits per heavy atom. The number of hydrogen-bond donors (Lipinski definition) is 1. The Morgan fingerprint density at radius 1 is 1.06 bits per heavy atom. The lowest BCUT2D eigenvalue weighted by Gasteiger charge is -2.03. The van der Waals surface area contributed by atoms with Gasteiger partial charge in [0.25, 0.3) is 0 Å². The average molecular weight is 258 g/mol. The quantitative estimate of drug-likeness (QED) is 0.747. The summed E-state index contributed by atoms with van der Waals surface area (Å²) in [6.45, 7) is 0.389. The number of fused-ring (bicyclic) bond motifs is 1. The van der Waals surface area contributed by atoms with Gasteiger partial charge in [-0.1, -0.05) is 41.9 Å². The van der Waals surface area contributed by atoms with Crippen molar-refractivity contribution >= 4 is 22.6 Å². The van der Waals surface area contributed by atoms with E-state index in [1.165, 1.54) is 0 Å². The third-order valence-electron chi connectivity index (χ3n) is 2.94. The highest BCUT2D eigenvalue weighted by molar-refractivity contribution is 6.31. The zero-order valence-corrected chi connectivity index (χ0v) is 10.4. The minimum absolute atomic E-state index is 0.389. The van der Waals surface area contributed by atoms with Crippen molar-refractivity contribution in [2.75, 3.05) is 0 Å². The van der Waals surface area contributed by atoms with Gasteiger partial charge in [-0.25, -0.2) is 0 Å². The van der Waals surface area contributed by atoms with Crippen LogP contribution in [0.4, 0.5) is 0 Å². The summed E-state index contributed by atoms with van der Waals surface area (Å²) in [5.41, 5.74) is 8.58. The molecule has 3 rings (SSSR count). The standard InChI is InChI=1S/C15H12ClNO/c16-11-6-13(10-4-2-1-3-5-10)14-8-12(9-17)18-15(14)7-11/h1-8H,9,17H2. The summed E-state index contributed by atoms with van der Waals surface area (Å²) in [7, 11) is 0. The molecule has 1 aromatic heterocycles. The first-order valence-corrected chi connectivity index (χ1v) is 6.13. The lowest BCUT2D eigenvalue weighted by molar-refractivity contribution is 0.552. The highest BCUT2D eigenvalue weighted by Gasteiger charge is 2.10. The molecule has 0 amide bonds. The Labute approximate surface area is 110 Å². The summed E-state index contributed by atoms with van der Waals surface area (Å²) in [4.78, 5) is 0. The fraction of sp³-hybridized carbons (Fsp3) is 0.0667. The summed E-state index contributed by atoms with van der Waals surface area (Å²) >= 11 is 6.13. The van der Waals surface area contributed by atoms with E-state index in [-0.39, 0.29) is 0 Å². The smallest absolute Gasteiger partial charge is 0.136 e. The highest BCUT2D eigenvalue weighted by Crippen LogP contribution is 2.33. The minimum atomic E-state index is 0.389. The van der Waals surface area contributed by atoms with Crippen LogP contribution in [0.25, 0.3) is 22.1 Å². The number of hydrogen-bond acceptors (Lipinski definition) is 2. The molecule has 2 N–H and O–H groups in total. The van der Waals surface area contributed by atoms with E-state index in [0.717, 1.165) is 27.9 Å². The number of halogens is 1. The van der Waals surface area contributed by atoms with Crippen LogP contribution in [0.5, 0.6) is 0 Å². The number of nitrogens with two attached hydrogens (primary N) is 1. The van der Waals surface area contributed by atoms with Crippen LogP contribution in [-0.2, 0) is 6.54 Å². The topological polar surface area (TPSA) is 39.2 Å². The van der Waals surface area contributed by atoms with E-state index >= 15 is 0 Å². The third-order valence-corrected chi connectivity index (χ3v) is 3.16. The molecule has 0 aliphatic heterocycles. The van der Waals surface area contributed by atoms with E-state index in [9.17, 15) is 0 Å². The summed E-state index contributed by atoms with van der Waals surface area (Å²) in [5, 5.41) is 1.71. The van der Waals surface area contributed by atoms with E-state index < -0.39 is 0 Å². The Morgan fingerprint density at radius 2 is 1.83 bits per heavy atom. The molecular weight excluding hydrogens is 246 g/mol. The summed E-state index contributed by atoms with van der Waals surface area (Å²) in [5.74, 6) is 0.768. The predicted octanol–water partition coefficient (Wildman–Crippen LogP) is 4.21. The second-order valence-electron chi connectivity index (χ2n) is 4.15. The van der Waals surface area contributed by atoms with Crippen molar-refractivity contribution in [2.24, 2.45) is 5.73 Å². The lowest BCUT2D eigenvalue weighted by Crippen LogP contribution is -1.92. The van der Waals surface area contributed by atoms with Gasteiger partial charge in [0.05, 0.1) is 6.54 Å². The van der Waals surface area contributed by atoms with Crippen LogP contribution >= 0.6 is 11.6 Å². The van der Waals surface area contributed by atoms with Crippen molar-refractivity contribution in [3.63, 3.8) is 0 Å². The molecule has 2 nitrogen and oxygen atoms in total. The van der Waals surface area contributed by atoms with Crippen LogP contribution in [0.2, 0.25) is 5.02 Å². The van der Waals surface area contributed by atoms with Gasteiger partial charge in [0, 0.05) is 16.5 Å². The fourth-order valence-electron chi connectivity index (χ4n) is 2.12. The first-order valence-electron chi connectivity index (χ1n) is 5.75. The summed E-state index contributed by atoms with van der Waals surface area (Å²) < 4.78 is 5.65. The van der Waals surface area contributed by atoms with Crippen LogP contribution in [0, 0.1) is 0 Å². The molecule has 0 spiro atoms. The first-order chi connectivity index (χ1) is 8.78. The van der Waals surface area contributed by atoms with Crippen LogP contribution in [-0.4, -0.2) is 0 Å². The molecule has 0 saturated heterocycles. The Bertz CT molecular complexity index is 688. The van der Waals surface area contributed by atoms with Gasteiger partial charge in [0.1, 0.15) is 11.3 Å². The second-order valence-corrected chi connectivity index (χ2v) is 4.58. The molecule has 0 unspecified atom stereocenters. The number of rotatable bonds is 2. The van der Waals surface area contributed by atoms with Crippen LogP contribution in [0.3, 0.4) is 0 Å². The monoisotopic (exact) mass is 257 g/mol. The molecule has 0 radical (unpaired) electrons. The summed E-state index contributed by atoms with van der Waals surface area (Å²) in [6.07, 6.45) is 0. The third kappa shape index (κ3) is 1.90. The molecule has 0 bridgehead atoms. The molecular formula is C15H12ClNO. The largest absolute Gasteiger partial charge is 0.460 e. The zero-order valence-electron chi connectivity index (χ0n) is 9.69. The van der Waals surface area contributed by atoms with Crippen molar-refractivity contribution in [2.45, 2.75) is 6.54 Å². The molecule has 0 aliphatic carbocycles. The highest BCUT2D eigenvalue weighted by atomic mass is 35.5. The molecule has 0 saturated carbocycles.